The van der Waals surface area contributed by atoms with Crippen molar-refractivity contribution in [2.24, 2.45) is 0 Å². The number of hydrogen-bond donors (Lipinski definition) is 1. The van der Waals surface area contributed by atoms with Gasteiger partial charge in [0.2, 0.25) is 0 Å². The monoisotopic (exact) mass is 446 g/mol. The maximum atomic E-state index is 5.52. The first-order valence-electron chi connectivity index (χ1n) is 11.7. The molecule has 0 radical (unpaired) electrons. The molecule has 4 aromatic rings. The highest BCUT2D eigenvalue weighted by atomic mass is 16.5. The molecule has 1 atom stereocenters. The van der Waals surface area contributed by atoms with Crippen LogP contribution in [0.3, 0.4) is 0 Å². The quantitative estimate of drug-likeness (QED) is 0.318. The number of methoxy groups -OCH3 is 1. The summed E-state index contributed by atoms with van der Waals surface area (Å²) in [4.78, 5) is 10.2. The van der Waals surface area contributed by atoms with Crippen molar-refractivity contribution in [1.82, 2.24) is 14.5 Å². The summed E-state index contributed by atoms with van der Waals surface area (Å²) in [7, 11) is 1.74. The Morgan fingerprint density at radius 3 is 2.64 bits per heavy atom. The summed E-state index contributed by atoms with van der Waals surface area (Å²) in [5, 5.41) is 3.50. The van der Waals surface area contributed by atoms with Gasteiger partial charge in [-0.3, -0.25) is 0 Å². The number of ether oxygens (including phenoxy) is 1. The molecule has 0 saturated carbocycles. The summed E-state index contributed by atoms with van der Waals surface area (Å²) in [6.45, 7) is 12.0. The minimum absolute atomic E-state index is 0.237. The first kappa shape index (κ1) is 23.1. The molecule has 0 bridgehead atoms. The fourth-order valence-electron chi connectivity index (χ4n) is 4.26. The van der Waals surface area contributed by atoms with E-state index in [2.05, 4.69) is 68.9 Å². The van der Waals surface area contributed by atoms with E-state index in [1.165, 1.54) is 5.56 Å². The zero-order valence-corrected chi connectivity index (χ0v) is 20.5. The molecule has 0 aliphatic carbocycles. The van der Waals surface area contributed by atoms with Gasteiger partial charge in [0, 0.05) is 24.6 Å². The molecule has 0 aliphatic heterocycles. The summed E-state index contributed by atoms with van der Waals surface area (Å²) in [5.74, 6) is 2.05. The van der Waals surface area contributed by atoms with Crippen molar-refractivity contribution in [3.63, 3.8) is 0 Å². The van der Waals surface area contributed by atoms with Gasteiger partial charge < -0.3 is 19.0 Å². The number of furan rings is 1. The normalized spacial score (nSPS) is 12.6. The molecular formula is C27H34N4O2. The van der Waals surface area contributed by atoms with E-state index in [9.17, 15) is 0 Å². The Hall–Kier alpha value is -3.12. The summed E-state index contributed by atoms with van der Waals surface area (Å²) < 4.78 is 13.2. The number of aromatic nitrogens is 3. The number of rotatable bonds is 9. The molecule has 0 aliphatic rings. The van der Waals surface area contributed by atoms with Gasteiger partial charge in [0.15, 0.2) is 0 Å². The predicted molar refractivity (Wildman–Crippen MR) is 134 cm³/mol. The van der Waals surface area contributed by atoms with Crippen LogP contribution in [-0.4, -0.2) is 28.3 Å². The van der Waals surface area contributed by atoms with Crippen LogP contribution in [0.1, 0.15) is 62.2 Å². The van der Waals surface area contributed by atoms with Gasteiger partial charge in [-0.25, -0.2) is 9.97 Å². The molecule has 4 heterocycles. The van der Waals surface area contributed by atoms with Gasteiger partial charge in [-0.1, -0.05) is 20.8 Å². The van der Waals surface area contributed by atoms with Gasteiger partial charge in [-0.15, -0.1) is 0 Å². The van der Waals surface area contributed by atoms with Crippen LogP contribution in [0.5, 0.6) is 0 Å². The number of fused-ring (bicyclic) bond motifs is 1. The van der Waals surface area contributed by atoms with E-state index in [1.807, 2.05) is 12.1 Å². The molecule has 1 N–H and O–H groups in total. The Balaban J connectivity index is 1.83. The molecule has 4 aromatic heterocycles. The fourth-order valence-corrected chi connectivity index (χ4v) is 4.26. The average Bonchev–Trinajstić information content (AvgIpc) is 3.44. The van der Waals surface area contributed by atoms with Crippen molar-refractivity contribution in [3.8, 4) is 11.3 Å². The number of aryl methyl sites for hydroxylation is 2. The van der Waals surface area contributed by atoms with Crippen LogP contribution in [-0.2, 0) is 17.7 Å². The van der Waals surface area contributed by atoms with E-state index in [0.29, 0.717) is 19.1 Å². The summed E-state index contributed by atoms with van der Waals surface area (Å²) in [6, 6.07) is 10.7. The van der Waals surface area contributed by atoms with Crippen molar-refractivity contribution in [2.75, 3.05) is 19.0 Å². The van der Waals surface area contributed by atoms with Crippen molar-refractivity contribution in [1.29, 1.82) is 0 Å². The molecule has 0 amide bonds. The Kier molecular flexibility index (Phi) is 6.84. The predicted octanol–water partition coefficient (Wildman–Crippen LogP) is 6.51. The van der Waals surface area contributed by atoms with Crippen LogP contribution in [0, 0.1) is 6.92 Å². The lowest BCUT2D eigenvalue weighted by Crippen LogP contribution is -2.10. The molecule has 0 unspecified atom stereocenters. The van der Waals surface area contributed by atoms with E-state index in [1.54, 1.807) is 13.4 Å². The second-order valence-corrected chi connectivity index (χ2v) is 8.96. The van der Waals surface area contributed by atoms with Crippen molar-refractivity contribution in [2.45, 2.75) is 59.5 Å². The standard InChI is InChI=1S/C27H34N4O2/c1-7-20-13-24-25(18(4)15-31(24)19(5)16-32-6)30-26(20)22-10-11-23(17(2)3)29-27(22)28-14-21-9-8-12-33-21/h8-13,15,17,19H,7,14,16H2,1-6H3,(H,28,29)/t19-/m0/s1. The molecular weight excluding hydrogens is 412 g/mol. The van der Waals surface area contributed by atoms with Gasteiger partial charge in [0.1, 0.15) is 11.6 Å². The highest BCUT2D eigenvalue weighted by Gasteiger charge is 2.19. The first-order valence-corrected chi connectivity index (χ1v) is 11.7. The third-order valence-electron chi connectivity index (χ3n) is 6.10. The number of nitrogens with zero attached hydrogens (tertiary/aromatic N) is 3. The van der Waals surface area contributed by atoms with Gasteiger partial charge in [-0.05, 0) is 67.6 Å². The second-order valence-electron chi connectivity index (χ2n) is 8.96. The minimum Gasteiger partial charge on any atom is -0.467 e. The SMILES string of the molecule is CCc1cc2c(nc1-c1ccc(C(C)C)nc1NCc1ccco1)c(C)cn2[C@@H](C)COC. The molecule has 33 heavy (non-hydrogen) atoms. The zero-order chi connectivity index (χ0) is 23.5. The Bertz CT molecular complexity index is 1220. The number of pyridine rings is 2. The molecule has 0 spiro atoms. The largest absolute Gasteiger partial charge is 0.467 e. The Morgan fingerprint density at radius 1 is 1.15 bits per heavy atom. The maximum Gasteiger partial charge on any atom is 0.136 e. The van der Waals surface area contributed by atoms with Crippen LogP contribution < -0.4 is 5.32 Å². The van der Waals surface area contributed by atoms with E-state index in [-0.39, 0.29) is 6.04 Å². The Labute approximate surface area is 196 Å². The summed E-state index contributed by atoms with van der Waals surface area (Å²) in [6.07, 6.45) is 4.75. The lowest BCUT2D eigenvalue weighted by atomic mass is 10.0. The topological polar surface area (TPSA) is 65.1 Å². The number of nitrogens with one attached hydrogen (secondary N) is 1. The van der Waals surface area contributed by atoms with Crippen LogP contribution in [0.25, 0.3) is 22.3 Å². The molecule has 4 rings (SSSR count). The third-order valence-corrected chi connectivity index (χ3v) is 6.10. The van der Waals surface area contributed by atoms with E-state index >= 15 is 0 Å². The van der Waals surface area contributed by atoms with Crippen molar-refractivity contribution in [3.05, 3.63) is 65.4 Å². The molecule has 174 valence electrons. The second kappa shape index (κ2) is 9.79. The average molecular weight is 447 g/mol. The summed E-state index contributed by atoms with van der Waals surface area (Å²) >= 11 is 0. The highest BCUT2D eigenvalue weighted by molar-refractivity contribution is 5.86. The van der Waals surface area contributed by atoms with Gasteiger partial charge in [-0.2, -0.15) is 0 Å². The van der Waals surface area contributed by atoms with E-state index in [0.717, 1.165) is 51.5 Å². The van der Waals surface area contributed by atoms with Gasteiger partial charge in [0.05, 0.1) is 42.2 Å². The van der Waals surface area contributed by atoms with Crippen LogP contribution in [0.4, 0.5) is 5.82 Å². The third kappa shape index (κ3) is 4.67. The first-order chi connectivity index (χ1) is 15.9. The van der Waals surface area contributed by atoms with Crippen LogP contribution in [0.2, 0.25) is 0 Å². The molecule has 6 heteroatoms. The van der Waals surface area contributed by atoms with E-state index in [4.69, 9.17) is 19.1 Å². The smallest absolute Gasteiger partial charge is 0.136 e. The molecule has 0 aromatic carbocycles. The number of anilines is 1. The molecule has 0 fully saturated rings. The maximum absolute atomic E-state index is 5.52. The minimum atomic E-state index is 0.237. The highest BCUT2D eigenvalue weighted by Crippen LogP contribution is 2.34. The summed E-state index contributed by atoms with van der Waals surface area (Å²) in [5.41, 5.74) is 7.58. The molecule has 0 saturated heterocycles. The zero-order valence-electron chi connectivity index (χ0n) is 20.5. The number of hydrogen-bond acceptors (Lipinski definition) is 5. The molecule has 6 nitrogen and oxygen atoms in total. The van der Waals surface area contributed by atoms with Crippen molar-refractivity contribution < 1.29 is 9.15 Å². The van der Waals surface area contributed by atoms with Crippen LogP contribution >= 0.6 is 0 Å². The lowest BCUT2D eigenvalue weighted by molar-refractivity contribution is 0.164. The van der Waals surface area contributed by atoms with Crippen LogP contribution in [0.15, 0.2) is 47.2 Å². The van der Waals surface area contributed by atoms with Crippen molar-refractivity contribution >= 4 is 16.9 Å². The Morgan fingerprint density at radius 2 is 1.97 bits per heavy atom. The van der Waals surface area contributed by atoms with E-state index < -0.39 is 0 Å². The van der Waals surface area contributed by atoms with Gasteiger partial charge in [0.25, 0.3) is 0 Å². The fraction of sp³-hybridized carbons (Fsp3) is 0.407. The van der Waals surface area contributed by atoms with Gasteiger partial charge >= 0.3 is 0 Å². The lowest BCUT2D eigenvalue weighted by Gasteiger charge is -2.17.